The second-order valence-electron chi connectivity index (χ2n) is 8.11. The largest absolute Gasteiger partial charge is 0.352 e. The molecule has 4 heteroatoms. The van der Waals surface area contributed by atoms with E-state index in [4.69, 9.17) is 0 Å². The van der Waals surface area contributed by atoms with Crippen molar-refractivity contribution >= 4 is 11.8 Å². The van der Waals surface area contributed by atoms with Crippen LogP contribution in [0.4, 0.5) is 0 Å². The summed E-state index contributed by atoms with van der Waals surface area (Å²) in [5, 5.41) is 5.90. The van der Waals surface area contributed by atoms with Gasteiger partial charge in [-0.3, -0.25) is 9.59 Å². The number of rotatable bonds is 9. The first kappa shape index (κ1) is 23.0. The normalized spacial score (nSPS) is 10.5. The molecule has 0 saturated carbocycles. The molecule has 0 aliphatic heterocycles. The molecule has 0 bridgehead atoms. The molecule has 0 aliphatic carbocycles. The molecule has 0 aromatic heterocycles. The van der Waals surface area contributed by atoms with Crippen molar-refractivity contribution < 1.29 is 9.59 Å². The average molecular weight is 449 g/mol. The van der Waals surface area contributed by atoms with Gasteiger partial charge in [-0.05, 0) is 59.4 Å². The van der Waals surface area contributed by atoms with Crippen LogP contribution in [0.5, 0.6) is 0 Å². The summed E-state index contributed by atoms with van der Waals surface area (Å²) in [5.41, 5.74) is 5.72. The molecule has 2 N–H and O–H groups in total. The Balaban J connectivity index is 1.15. The first-order chi connectivity index (χ1) is 16.7. The first-order valence-electron chi connectivity index (χ1n) is 11.6. The van der Waals surface area contributed by atoms with Crippen LogP contribution in [0.2, 0.25) is 0 Å². The summed E-state index contributed by atoms with van der Waals surface area (Å²) in [6, 6.07) is 35.4. The maximum atomic E-state index is 12.4. The Kier molecular flexibility index (Phi) is 7.86. The van der Waals surface area contributed by atoms with Crippen LogP contribution in [0, 0.1) is 0 Å². The van der Waals surface area contributed by atoms with Crippen molar-refractivity contribution in [3.63, 3.8) is 0 Å². The molecule has 0 aliphatic rings. The van der Waals surface area contributed by atoms with Gasteiger partial charge in [0, 0.05) is 24.2 Å². The van der Waals surface area contributed by atoms with E-state index in [2.05, 4.69) is 10.6 Å². The zero-order valence-corrected chi connectivity index (χ0v) is 19.0. The maximum absolute atomic E-state index is 12.4. The van der Waals surface area contributed by atoms with Gasteiger partial charge in [0.15, 0.2) is 0 Å². The molecule has 4 aromatic carbocycles. The molecule has 0 fully saturated rings. The average Bonchev–Trinajstić information content (AvgIpc) is 2.91. The van der Waals surface area contributed by atoms with Crippen molar-refractivity contribution in [2.24, 2.45) is 0 Å². The van der Waals surface area contributed by atoms with Gasteiger partial charge in [-0.1, -0.05) is 84.9 Å². The second kappa shape index (κ2) is 11.6. The predicted octanol–water partition coefficient (Wildman–Crippen LogP) is 5.96. The lowest BCUT2D eigenvalue weighted by molar-refractivity contribution is 0.0939. The number of hydrogen-bond donors (Lipinski definition) is 2. The van der Waals surface area contributed by atoms with E-state index in [0.29, 0.717) is 24.2 Å². The topological polar surface area (TPSA) is 58.2 Å². The van der Waals surface area contributed by atoms with Crippen LogP contribution in [0.15, 0.2) is 109 Å². The molecule has 0 unspecified atom stereocenters. The third-order valence-electron chi connectivity index (χ3n) is 5.68. The number of carbonyl (C=O) groups excluding carboxylic acids is 2. The van der Waals surface area contributed by atoms with Gasteiger partial charge in [0.2, 0.25) is 0 Å². The lowest BCUT2D eigenvalue weighted by Gasteiger charge is -2.08. The van der Waals surface area contributed by atoms with Gasteiger partial charge in [-0.25, -0.2) is 0 Å². The summed E-state index contributed by atoms with van der Waals surface area (Å²) in [7, 11) is 0. The molecular formula is C30H28N2O2. The minimum Gasteiger partial charge on any atom is -0.352 e. The van der Waals surface area contributed by atoms with E-state index in [1.165, 1.54) is 0 Å². The summed E-state index contributed by atoms with van der Waals surface area (Å²) in [4.78, 5) is 24.7. The van der Waals surface area contributed by atoms with E-state index in [1.54, 1.807) is 0 Å². The Morgan fingerprint density at radius 1 is 0.441 bits per heavy atom. The van der Waals surface area contributed by atoms with Gasteiger partial charge in [-0.2, -0.15) is 0 Å². The van der Waals surface area contributed by atoms with E-state index in [9.17, 15) is 9.59 Å². The van der Waals surface area contributed by atoms with Crippen LogP contribution < -0.4 is 10.6 Å². The van der Waals surface area contributed by atoms with Crippen LogP contribution in [0.1, 0.15) is 33.6 Å². The summed E-state index contributed by atoms with van der Waals surface area (Å²) in [5.74, 6) is -0.163. The SMILES string of the molecule is O=C(NCCCCNC(=O)c1ccc(-c2ccccc2)cc1)c1ccc(-c2ccccc2)cc1. The fourth-order valence-electron chi connectivity index (χ4n) is 3.75. The molecule has 0 heterocycles. The van der Waals surface area contributed by atoms with Crippen LogP contribution in [-0.2, 0) is 0 Å². The van der Waals surface area contributed by atoms with Crippen molar-refractivity contribution in [1.82, 2.24) is 10.6 Å². The lowest BCUT2D eigenvalue weighted by Crippen LogP contribution is -2.27. The summed E-state index contributed by atoms with van der Waals surface area (Å²) in [6.07, 6.45) is 1.59. The van der Waals surface area contributed by atoms with Crippen molar-refractivity contribution in [2.75, 3.05) is 13.1 Å². The molecule has 0 radical (unpaired) electrons. The fourth-order valence-corrected chi connectivity index (χ4v) is 3.75. The molecular weight excluding hydrogens is 420 g/mol. The van der Waals surface area contributed by atoms with Crippen LogP contribution in [0.25, 0.3) is 22.3 Å². The van der Waals surface area contributed by atoms with Gasteiger partial charge in [-0.15, -0.1) is 0 Å². The lowest BCUT2D eigenvalue weighted by atomic mass is 10.0. The molecule has 2 amide bonds. The van der Waals surface area contributed by atoms with Gasteiger partial charge in [0.25, 0.3) is 11.8 Å². The van der Waals surface area contributed by atoms with E-state index in [0.717, 1.165) is 35.1 Å². The Hall–Kier alpha value is -4.18. The van der Waals surface area contributed by atoms with Gasteiger partial charge >= 0.3 is 0 Å². The van der Waals surface area contributed by atoms with Crippen LogP contribution in [0.3, 0.4) is 0 Å². The summed E-state index contributed by atoms with van der Waals surface area (Å²) in [6.45, 7) is 1.14. The number of carbonyl (C=O) groups is 2. The smallest absolute Gasteiger partial charge is 0.251 e. The highest BCUT2D eigenvalue weighted by molar-refractivity contribution is 5.95. The number of nitrogens with one attached hydrogen (secondary N) is 2. The van der Waals surface area contributed by atoms with Crippen LogP contribution >= 0.6 is 0 Å². The zero-order chi connectivity index (χ0) is 23.6. The van der Waals surface area contributed by atoms with Crippen molar-refractivity contribution in [2.45, 2.75) is 12.8 Å². The van der Waals surface area contributed by atoms with Crippen LogP contribution in [-0.4, -0.2) is 24.9 Å². The zero-order valence-electron chi connectivity index (χ0n) is 19.0. The standard InChI is InChI=1S/C30H28N2O2/c33-29(27-17-13-25(14-18-27)23-9-3-1-4-10-23)31-21-7-8-22-32-30(34)28-19-15-26(16-20-28)24-11-5-2-6-12-24/h1-6,9-20H,7-8,21-22H2,(H,31,33)(H,32,34). The molecule has 170 valence electrons. The Morgan fingerprint density at radius 3 is 1.12 bits per heavy atom. The van der Waals surface area contributed by atoms with Crippen molar-refractivity contribution in [1.29, 1.82) is 0 Å². The first-order valence-corrected chi connectivity index (χ1v) is 11.6. The molecule has 0 spiro atoms. The third kappa shape index (κ3) is 6.20. The molecule has 0 saturated heterocycles. The van der Waals surface area contributed by atoms with E-state index in [1.807, 2.05) is 109 Å². The summed E-state index contributed by atoms with van der Waals surface area (Å²) >= 11 is 0. The highest BCUT2D eigenvalue weighted by atomic mass is 16.2. The minimum atomic E-state index is -0.0813. The third-order valence-corrected chi connectivity index (χ3v) is 5.68. The number of unbranched alkanes of at least 4 members (excludes halogenated alkanes) is 1. The Bertz CT molecular complexity index is 1100. The minimum absolute atomic E-state index is 0.0813. The van der Waals surface area contributed by atoms with Gasteiger partial charge in [0.1, 0.15) is 0 Å². The van der Waals surface area contributed by atoms with Crippen molar-refractivity contribution in [3.8, 4) is 22.3 Å². The second-order valence-corrected chi connectivity index (χ2v) is 8.11. The molecule has 4 rings (SSSR count). The highest BCUT2D eigenvalue weighted by Gasteiger charge is 2.07. The number of benzene rings is 4. The van der Waals surface area contributed by atoms with Gasteiger partial charge < -0.3 is 10.6 Å². The Morgan fingerprint density at radius 2 is 0.765 bits per heavy atom. The molecule has 34 heavy (non-hydrogen) atoms. The van der Waals surface area contributed by atoms with Crippen molar-refractivity contribution in [3.05, 3.63) is 120 Å². The fraction of sp³-hybridized carbons (Fsp3) is 0.133. The maximum Gasteiger partial charge on any atom is 0.251 e. The predicted molar refractivity (Wildman–Crippen MR) is 138 cm³/mol. The van der Waals surface area contributed by atoms with E-state index in [-0.39, 0.29) is 11.8 Å². The highest BCUT2D eigenvalue weighted by Crippen LogP contribution is 2.20. The molecule has 4 nitrogen and oxygen atoms in total. The summed E-state index contributed by atoms with van der Waals surface area (Å²) < 4.78 is 0. The quantitative estimate of drug-likeness (QED) is 0.310. The van der Waals surface area contributed by atoms with E-state index >= 15 is 0 Å². The van der Waals surface area contributed by atoms with Gasteiger partial charge in [0.05, 0.1) is 0 Å². The number of amides is 2. The molecule has 0 atom stereocenters. The monoisotopic (exact) mass is 448 g/mol. The Labute approximate surface area is 200 Å². The van der Waals surface area contributed by atoms with E-state index < -0.39 is 0 Å². The molecule has 4 aromatic rings. The number of hydrogen-bond acceptors (Lipinski definition) is 2.